The number of aliphatic hydroxyl groups is 1. The quantitative estimate of drug-likeness (QED) is 0.448. The lowest BCUT2D eigenvalue weighted by Gasteiger charge is -2.31. The van der Waals surface area contributed by atoms with Crippen LogP contribution in [0.2, 0.25) is 5.02 Å². The predicted octanol–water partition coefficient (Wildman–Crippen LogP) is 3.38. The number of nitrogens with one attached hydrogen (secondary N) is 2. The van der Waals surface area contributed by atoms with Crippen LogP contribution >= 0.6 is 11.6 Å². The number of benzene rings is 2. The van der Waals surface area contributed by atoms with E-state index in [9.17, 15) is 24.6 Å². The van der Waals surface area contributed by atoms with Crippen molar-refractivity contribution in [2.45, 2.75) is 39.3 Å². The van der Waals surface area contributed by atoms with Crippen LogP contribution in [0, 0.1) is 6.92 Å². The maximum atomic E-state index is 13.4. The number of amides is 3. The molecule has 1 unspecified atom stereocenters. The zero-order valence-electron chi connectivity index (χ0n) is 19.6. The van der Waals surface area contributed by atoms with E-state index < -0.39 is 42.7 Å². The topological polar surface area (TPSA) is 128 Å². The average molecular weight is 492 g/mol. The number of rotatable bonds is 8. The highest BCUT2D eigenvalue weighted by Crippen LogP contribution is 2.29. The van der Waals surface area contributed by atoms with Crippen molar-refractivity contribution in [1.29, 1.82) is 0 Å². The van der Waals surface area contributed by atoms with Crippen LogP contribution < -0.4 is 10.6 Å². The van der Waals surface area contributed by atoms with Gasteiger partial charge in [0.2, 0.25) is 5.91 Å². The van der Waals surface area contributed by atoms with Crippen molar-refractivity contribution < 1.29 is 29.3 Å². The van der Waals surface area contributed by atoms with Gasteiger partial charge < -0.3 is 30.5 Å². The van der Waals surface area contributed by atoms with Crippen molar-refractivity contribution in [1.82, 2.24) is 10.2 Å². The maximum Gasteiger partial charge on any atom is 0.408 e. The molecule has 0 radical (unpaired) electrons. The van der Waals surface area contributed by atoms with Crippen molar-refractivity contribution >= 4 is 35.2 Å². The fourth-order valence-electron chi connectivity index (χ4n) is 3.18. The van der Waals surface area contributed by atoms with Gasteiger partial charge in [0.15, 0.2) is 0 Å². The first kappa shape index (κ1) is 26.9. The number of hydrogen-bond acceptors (Lipinski definition) is 6. The summed E-state index contributed by atoms with van der Waals surface area (Å²) < 4.78 is 5.15. The fraction of sp³-hybridized carbons (Fsp3) is 0.375. The summed E-state index contributed by atoms with van der Waals surface area (Å²) in [5.41, 5.74) is 0.747. The highest BCUT2D eigenvalue weighted by molar-refractivity contribution is 6.34. The normalized spacial score (nSPS) is 11.9. The number of hydrogen-bond donors (Lipinski definition) is 4. The Morgan fingerprint density at radius 2 is 1.76 bits per heavy atom. The Labute approximate surface area is 203 Å². The summed E-state index contributed by atoms with van der Waals surface area (Å²) in [5, 5.41) is 24.7. The second kappa shape index (κ2) is 11.7. The summed E-state index contributed by atoms with van der Waals surface area (Å²) in [6.45, 7) is 5.78. The van der Waals surface area contributed by atoms with Crippen LogP contribution in [0.3, 0.4) is 0 Å². The molecule has 2 aromatic carbocycles. The van der Waals surface area contributed by atoms with Gasteiger partial charge in [0.25, 0.3) is 5.91 Å². The summed E-state index contributed by atoms with van der Waals surface area (Å²) in [5.74, 6) is -1.22. The van der Waals surface area contributed by atoms with E-state index in [1.54, 1.807) is 45.9 Å². The molecule has 2 aromatic rings. The van der Waals surface area contributed by atoms with E-state index in [1.807, 2.05) is 0 Å². The predicted molar refractivity (Wildman–Crippen MR) is 129 cm³/mol. The van der Waals surface area contributed by atoms with E-state index in [-0.39, 0.29) is 12.3 Å². The van der Waals surface area contributed by atoms with Crippen LogP contribution in [0.1, 0.15) is 37.9 Å². The number of ether oxygens (including phenoxy) is 1. The van der Waals surface area contributed by atoms with Crippen LogP contribution in [0.5, 0.6) is 5.75 Å². The van der Waals surface area contributed by atoms with E-state index in [2.05, 4.69) is 10.6 Å². The number of halogens is 1. The Kier molecular flexibility index (Phi) is 9.28. The molecule has 0 aliphatic rings. The Morgan fingerprint density at radius 3 is 2.32 bits per heavy atom. The molecule has 0 aliphatic heterocycles. The minimum absolute atomic E-state index is 0.0171. The van der Waals surface area contributed by atoms with E-state index in [0.717, 1.165) is 10.5 Å². The number of phenols is 1. The summed E-state index contributed by atoms with van der Waals surface area (Å²) in [6.07, 6.45) is -0.790. The zero-order valence-corrected chi connectivity index (χ0v) is 20.3. The minimum Gasteiger partial charge on any atom is -0.508 e. The third kappa shape index (κ3) is 7.64. The fourth-order valence-corrected chi connectivity index (χ4v) is 3.45. The summed E-state index contributed by atoms with van der Waals surface area (Å²) in [4.78, 5) is 39.6. The molecule has 9 nitrogen and oxygen atoms in total. The van der Waals surface area contributed by atoms with E-state index in [0.29, 0.717) is 16.3 Å². The number of carbonyl (C=O) groups excluding carboxylic acids is 3. The second-order valence-corrected chi connectivity index (χ2v) is 8.99. The van der Waals surface area contributed by atoms with Gasteiger partial charge >= 0.3 is 6.09 Å². The molecular formula is C24H30ClN3O6. The molecule has 0 saturated carbocycles. The van der Waals surface area contributed by atoms with Gasteiger partial charge in [0.05, 0.1) is 17.3 Å². The molecule has 10 heteroatoms. The number of para-hydroxylation sites is 1. The van der Waals surface area contributed by atoms with E-state index >= 15 is 0 Å². The van der Waals surface area contributed by atoms with Crippen molar-refractivity contribution in [3.63, 3.8) is 0 Å². The van der Waals surface area contributed by atoms with Gasteiger partial charge in [-0.05, 0) is 57.0 Å². The molecule has 34 heavy (non-hydrogen) atoms. The second-order valence-electron chi connectivity index (χ2n) is 8.58. The highest BCUT2D eigenvalue weighted by Gasteiger charge is 2.32. The van der Waals surface area contributed by atoms with Crippen molar-refractivity contribution in [2.24, 2.45) is 0 Å². The first-order valence-corrected chi connectivity index (χ1v) is 11.0. The van der Waals surface area contributed by atoms with Crippen LogP contribution in [0.25, 0.3) is 0 Å². The Bertz CT molecular complexity index is 1000. The van der Waals surface area contributed by atoms with Gasteiger partial charge in [-0.1, -0.05) is 35.9 Å². The average Bonchev–Trinajstić information content (AvgIpc) is 2.74. The van der Waals surface area contributed by atoms with E-state index in [4.69, 9.17) is 16.3 Å². The Morgan fingerprint density at radius 1 is 1.12 bits per heavy atom. The number of aryl methyl sites for hydroxylation is 1. The lowest BCUT2D eigenvalue weighted by atomic mass is 10.0. The number of aliphatic hydroxyl groups excluding tert-OH is 1. The van der Waals surface area contributed by atoms with Crippen LogP contribution in [-0.4, -0.2) is 58.3 Å². The van der Waals surface area contributed by atoms with Crippen LogP contribution in [0.15, 0.2) is 42.5 Å². The molecule has 1 atom stereocenters. The van der Waals surface area contributed by atoms with Crippen LogP contribution in [-0.2, 0) is 14.3 Å². The first-order valence-electron chi connectivity index (χ1n) is 10.6. The zero-order chi connectivity index (χ0) is 25.5. The van der Waals surface area contributed by atoms with Gasteiger partial charge in [-0.15, -0.1) is 0 Å². The molecule has 0 aromatic heterocycles. The molecule has 2 rings (SSSR count). The molecule has 0 aliphatic carbocycles. The van der Waals surface area contributed by atoms with Gasteiger partial charge in [-0.2, -0.15) is 0 Å². The minimum atomic E-state index is -1.18. The van der Waals surface area contributed by atoms with Crippen molar-refractivity contribution in [3.8, 4) is 5.75 Å². The number of anilines is 1. The van der Waals surface area contributed by atoms with Crippen LogP contribution in [0.4, 0.5) is 10.5 Å². The number of phenolic OH excluding ortho intramolecular Hbond substituents is 1. The molecule has 4 N–H and O–H groups in total. The SMILES string of the molecule is Cc1cccc(Cl)c1NC(=O)C(c1ccc(O)cc1)N(CCO)C(=O)CNC(=O)OC(C)(C)C. The number of carbonyl (C=O) groups is 3. The molecular weight excluding hydrogens is 462 g/mol. The Hall–Kier alpha value is -3.30. The number of alkyl carbamates (subject to hydrolysis) is 1. The largest absolute Gasteiger partial charge is 0.508 e. The molecule has 0 saturated heterocycles. The maximum absolute atomic E-state index is 13.4. The van der Waals surface area contributed by atoms with Gasteiger partial charge in [0, 0.05) is 6.54 Å². The molecule has 0 bridgehead atoms. The van der Waals surface area contributed by atoms with Gasteiger partial charge in [-0.25, -0.2) is 4.79 Å². The third-order valence-corrected chi connectivity index (χ3v) is 5.00. The molecule has 3 amide bonds. The summed E-state index contributed by atoms with van der Waals surface area (Å²) >= 11 is 6.26. The van der Waals surface area contributed by atoms with E-state index in [1.165, 1.54) is 24.3 Å². The molecule has 0 heterocycles. The molecule has 184 valence electrons. The summed E-state index contributed by atoms with van der Waals surface area (Å²) in [7, 11) is 0. The number of nitrogens with zero attached hydrogens (tertiary/aromatic N) is 1. The summed E-state index contributed by atoms with van der Waals surface area (Å²) in [6, 6.07) is 9.73. The smallest absolute Gasteiger partial charge is 0.408 e. The first-order chi connectivity index (χ1) is 15.9. The van der Waals surface area contributed by atoms with Crippen molar-refractivity contribution in [2.75, 3.05) is 25.0 Å². The van der Waals surface area contributed by atoms with Gasteiger partial charge in [0.1, 0.15) is 23.9 Å². The lowest BCUT2D eigenvalue weighted by Crippen LogP contribution is -2.47. The lowest BCUT2D eigenvalue weighted by molar-refractivity contribution is -0.138. The molecule has 0 fully saturated rings. The Balaban J connectivity index is 2.35. The molecule has 0 spiro atoms. The number of aromatic hydroxyl groups is 1. The monoisotopic (exact) mass is 491 g/mol. The van der Waals surface area contributed by atoms with Crippen molar-refractivity contribution in [3.05, 3.63) is 58.6 Å². The van der Waals surface area contributed by atoms with Gasteiger partial charge in [-0.3, -0.25) is 9.59 Å². The third-order valence-electron chi connectivity index (χ3n) is 4.68. The standard InChI is InChI=1S/C24H30ClN3O6/c1-15-6-5-7-18(25)20(15)27-22(32)21(16-8-10-17(30)11-9-16)28(12-13-29)19(31)14-26-23(33)34-24(2,3)4/h5-11,21,29-30H,12-14H2,1-4H3,(H,26,33)(H,27,32). The highest BCUT2D eigenvalue weighted by atomic mass is 35.5.